The van der Waals surface area contributed by atoms with Crippen molar-refractivity contribution in [2.45, 2.75) is 38.8 Å². The van der Waals surface area contributed by atoms with Crippen molar-refractivity contribution in [2.24, 2.45) is 10.8 Å². The van der Waals surface area contributed by atoms with Crippen LogP contribution in [0.25, 0.3) is 0 Å². The van der Waals surface area contributed by atoms with Crippen LogP contribution in [-0.2, 0) is 44.6 Å². The molecule has 4 rings (SSSR count). The van der Waals surface area contributed by atoms with Gasteiger partial charge in [0.15, 0.2) is 0 Å². The van der Waals surface area contributed by atoms with Crippen molar-refractivity contribution in [3.8, 4) is 0 Å². The highest BCUT2D eigenvalue weighted by Gasteiger charge is 2.47. The van der Waals surface area contributed by atoms with Gasteiger partial charge in [-0.3, -0.25) is 0 Å². The summed E-state index contributed by atoms with van der Waals surface area (Å²) in [6.07, 6.45) is 4.09. The minimum atomic E-state index is -1.89. The van der Waals surface area contributed by atoms with Crippen molar-refractivity contribution in [1.29, 1.82) is 0 Å². The van der Waals surface area contributed by atoms with Gasteiger partial charge in [-0.05, 0) is 47.9 Å². The minimum Gasteiger partial charge on any atom is -0.384 e. The molecule has 0 heterocycles. The first kappa shape index (κ1) is 24.6. The van der Waals surface area contributed by atoms with Crippen molar-refractivity contribution in [3.63, 3.8) is 0 Å². The third kappa shape index (κ3) is 4.46. The number of methoxy groups -OCH3 is 4. The Bertz CT molecular complexity index is 958. The van der Waals surface area contributed by atoms with E-state index in [1.807, 2.05) is 28.4 Å². The quantitative estimate of drug-likeness (QED) is 0.502. The first-order valence-corrected chi connectivity index (χ1v) is 15.0. The van der Waals surface area contributed by atoms with E-state index in [0.29, 0.717) is 0 Å². The molecule has 0 amide bonds. The van der Waals surface area contributed by atoms with Gasteiger partial charge in [-0.15, -0.1) is 0 Å². The molecule has 33 heavy (non-hydrogen) atoms. The molecule has 180 valence electrons. The van der Waals surface area contributed by atoms with Crippen LogP contribution in [0.5, 0.6) is 0 Å². The molecule has 0 radical (unpaired) electrons. The lowest BCUT2D eigenvalue weighted by Crippen LogP contribution is -2.54. The zero-order chi connectivity index (χ0) is 23.7. The van der Waals surface area contributed by atoms with Gasteiger partial charge in [0.2, 0.25) is 0 Å². The summed E-state index contributed by atoms with van der Waals surface area (Å²) in [5.41, 5.74) is 6.18. The van der Waals surface area contributed by atoms with Crippen LogP contribution >= 0.6 is 0 Å². The lowest BCUT2D eigenvalue weighted by Gasteiger charge is -2.29. The van der Waals surface area contributed by atoms with E-state index < -0.39 is 8.07 Å². The molecular formula is C28H40O4Si. The SMILES string of the molecule is COCC1(COC)Cc2cc([Si](C)(C)c3ccccc3)c3c(c2C1)CC(COC)(COC)C3. The molecule has 0 spiro atoms. The molecular weight excluding hydrogens is 428 g/mol. The second-order valence-corrected chi connectivity index (χ2v) is 15.3. The summed E-state index contributed by atoms with van der Waals surface area (Å²) in [6, 6.07) is 13.7. The van der Waals surface area contributed by atoms with E-state index in [0.717, 1.165) is 52.1 Å². The van der Waals surface area contributed by atoms with Crippen molar-refractivity contribution < 1.29 is 18.9 Å². The Hall–Kier alpha value is -1.50. The molecule has 4 nitrogen and oxygen atoms in total. The highest BCUT2D eigenvalue weighted by Crippen LogP contribution is 2.46. The fourth-order valence-electron chi connectivity index (χ4n) is 6.62. The van der Waals surface area contributed by atoms with Gasteiger partial charge >= 0.3 is 0 Å². The number of hydrogen-bond donors (Lipinski definition) is 0. The Kier molecular flexibility index (Phi) is 7.18. The molecule has 0 aliphatic heterocycles. The maximum atomic E-state index is 5.75. The fourth-order valence-corrected chi connectivity index (χ4v) is 9.48. The van der Waals surface area contributed by atoms with E-state index in [-0.39, 0.29) is 10.8 Å². The lowest BCUT2D eigenvalue weighted by molar-refractivity contribution is 0.0149. The molecule has 0 fully saturated rings. The monoisotopic (exact) mass is 468 g/mol. The third-order valence-corrected chi connectivity index (χ3v) is 11.5. The smallest absolute Gasteiger partial charge is 0.112 e. The number of rotatable bonds is 10. The molecule has 5 heteroatoms. The summed E-state index contributed by atoms with van der Waals surface area (Å²) in [7, 11) is 5.36. The zero-order valence-electron chi connectivity index (χ0n) is 21.3. The number of fused-ring (bicyclic) bond motifs is 3. The zero-order valence-corrected chi connectivity index (χ0v) is 22.3. The highest BCUT2D eigenvalue weighted by molar-refractivity contribution is 7.00. The maximum absolute atomic E-state index is 5.75. The minimum absolute atomic E-state index is 0.00460. The molecule has 0 bridgehead atoms. The summed E-state index contributed by atoms with van der Waals surface area (Å²) >= 11 is 0. The van der Waals surface area contributed by atoms with Crippen molar-refractivity contribution >= 4 is 18.4 Å². The Labute approximate surface area is 200 Å². The van der Waals surface area contributed by atoms with Crippen LogP contribution in [0.4, 0.5) is 0 Å². The fraction of sp³-hybridized carbons (Fsp3) is 0.571. The van der Waals surface area contributed by atoms with E-state index in [1.165, 1.54) is 16.3 Å². The van der Waals surface area contributed by atoms with Crippen molar-refractivity contribution in [2.75, 3.05) is 54.9 Å². The first-order chi connectivity index (χ1) is 15.8. The molecule has 0 N–H and O–H groups in total. The van der Waals surface area contributed by atoms with Crippen LogP contribution in [0, 0.1) is 10.8 Å². The number of ether oxygens (including phenoxy) is 4. The topological polar surface area (TPSA) is 36.9 Å². The van der Waals surface area contributed by atoms with E-state index in [2.05, 4.69) is 49.5 Å². The van der Waals surface area contributed by atoms with Crippen LogP contribution in [0.1, 0.15) is 22.3 Å². The predicted molar refractivity (Wildman–Crippen MR) is 137 cm³/mol. The Morgan fingerprint density at radius 2 is 1.15 bits per heavy atom. The Morgan fingerprint density at radius 3 is 1.70 bits per heavy atom. The van der Waals surface area contributed by atoms with Crippen LogP contribution in [0.2, 0.25) is 13.1 Å². The van der Waals surface area contributed by atoms with Crippen LogP contribution < -0.4 is 10.4 Å². The molecule has 0 aromatic heterocycles. The van der Waals surface area contributed by atoms with Gasteiger partial charge in [-0.25, -0.2) is 0 Å². The molecule has 2 aromatic rings. The number of hydrogen-bond acceptors (Lipinski definition) is 4. The van der Waals surface area contributed by atoms with Gasteiger partial charge in [0.05, 0.1) is 26.4 Å². The van der Waals surface area contributed by atoms with Crippen molar-refractivity contribution in [3.05, 3.63) is 58.7 Å². The molecule has 2 aliphatic carbocycles. The number of benzene rings is 2. The van der Waals surface area contributed by atoms with Gasteiger partial charge in [0.1, 0.15) is 8.07 Å². The summed E-state index contributed by atoms with van der Waals surface area (Å²) in [5.74, 6) is 0. The summed E-state index contributed by atoms with van der Waals surface area (Å²) < 4.78 is 22.9. The standard InChI is InChI=1S/C28H40O4Si/c1-29-17-27(18-30-2)13-21-12-26(33(5,6)22-10-8-7-9-11-22)25-16-28(19-31-3,20-32-4)15-24(25)23(21)14-27/h7-12H,13-20H2,1-6H3. The normalized spacial score (nSPS) is 18.4. The Morgan fingerprint density at radius 1 is 0.667 bits per heavy atom. The van der Waals surface area contributed by atoms with Crippen LogP contribution in [0.3, 0.4) is 0 Å². The van der Waals surface area contributed by atoms with E-state index in [4.69, 9.17) is 18.9 Å². The van der Waals surface area contributed by atoms with E-state index >= 15 is 0 Å². The highest BCUT2D eigenvalue weighted by atomic mass is 28.3. The molecule has 0 saturated carbocycles. The molecule has 2 aromatic carbocycles. The van der Waals surface area contributed by atoms with Crippen LogP contribution in [-0.4, -0.2) is 62.9 Å². The second-order valence-electron chi connectivity index (χ2n) is 10.9. The molecule has 0 saturated heterocycles. The predicted octanol–water partition coefficient (Wildman–Crippen LogP) is 3.26. The van der Waals surface area contributed by atoms with Gasteiger partial charge < -0.3 is 18.9 Å². The van der Waals surface area contributed by atoms with E-state index in [1.54, 1.807) is 16.3 Å². The van der Waals surface area contributed by atoms with Crippen molar-refractivity contribution in [1.82, 2.24) is 0 Å². The maximum Gasteiger partial charge on any atom is 0.112 e. The summed E-state index contributed by atoms with van der Waals surface area (Å²) in [6.45, 7) is 7.89. The summed E-state index contributed by atoms with van der Waals surface area (Å²) in [5, 5.41) is 3.07. The van der Waals surface area contributed by atoms with Crippen LogP contribution in [0.15, 0.2) is 36.4 Å². The average Bonchev–Trinajstić information content (AvgIpc) is 3.33. The average molecular weight is 469 g/mol. The first-order valence-electron chi connectivity index (χ1n) is 12.0. The molecule has 0 unspecified atom stereocenters. The van der Waals surface area contributed by atoms with E-state index in [9.17, 15) is 0 Å². The largest absolute Gasteiger partial charge is 0.384 e. The lowest BCUT2D eigenvalue weighted by atomic mass is 9.84. The summed E-state index contributed by atoms with van der Waals surface area (Å²) in [4.78, 5) is 0. The van der Waals surface area contributed by atoms with Gasteiger partial charge in [0.25, 0.3) is 0 Å². The second kappa shape index (κ2) is 9.63. The molecule has 0 atom stereocenters. The van der Waals surface area contributed by atoms with Gasteiger partial charge in [-0.1, -0.05) is 59.9 Å². The molecule has 2 aliphatic rings. The third-order valence-electron chi connectivity index (χ3n) is 7.95. The van der Waals surface area contributed by atoms with Gasteiger partial charge in [-0.2, -0.15) is 0 Å². The Balaban J connectivity index is 1.87. The van der Waals surface area contributed by atoms with Gasteiger partial charge in [0, 0.05) is 39.3 Å².